The Morgan fingerprint density at radius 2 is 0.957 bits per heavy atom. The van der Waals surface area contributed by atoms with E-state index in [-0.39, 0.29) is 5.78 Å². The van der Waals surface area contributed by atoms with Crippen LogP contribution in [0.5, 0.6) is 0 Å². The van der Waals surface area contributed by atoms with Crippen molar-refractivity contribution in [2.24, 2.45) is 11.8 Å². The number of hydrogen-bond acceptors (Lipinski definition) is 4. The minimum Gasteiger partial charge on any atom is -0.297 e. The van der Waals surface area contributed by atoms with Crippen molar-refractivity contribution in [3.63, 3.8) is 0 Å². The van der Waals surface area contributed by atoms with Crippen LogP contribution < -0.4 is 4.90 Å². The third kappa shape index (κ3) is 3.80. The standard InChI is InChI=1S/C40H24Cl2N2O3/c41-29-17-13-27(14-18-29)39-32(25-7-3-1-4-8-25)33(26-9-5-2-6-10-26)40(38(39)47,28-15-19-30(42)20-16-28)35-34(39)36(45)44(37(35)46)31-21-11-24(23-43)12-22-31/h1-22,34-35H/t34-,35-,39-,40-/m1/s1. The number of nitriles is 1. The molecule has 0 unspecified atom stereocenters. The molecule has 4 atom stereocenters. The Morgan fingerprint density at radius 1 is 0.553 bits per heavy atom. The summed E-state index contributed by atoms with van der Waals surface area (Å²) in [4.78, 5) is 47.1. The van der Waals surface area contributed by atoms with E-state index in [1.54, 1.807) is 72.8 Å². The molecule has 2 bridgehead atoms. The van der Waals surface area contributed by atoms with Gasteiger partial charge in [-0.25, -0.2) is 4.90 Å². The van der Waals surface area contributed by atoms with Gasteiger partial charge in [0.15, 0.2) is 5.78 Å². The summed E-state index contributed by atoms with van der Waals surface area (Å²) in [6.07, 6.45) is 0. The van der Waals surface area contributed by atoms with Gasteiger partial charge in [0.2, 0.25) is 11.8 Å². The molecule has 3 aliphatic rings. The number of benzene rings is 5. The van der Waals surface area contributed by atoms with Crippen LogP contribution >= 0.6 is 23.2 Å². The maximum Gasteiger partial charge on any atom is 0.239 e. The number of anilines is 1. The summed E-state index contributed by atoms with van der Waals surface area (Å²) in [6.45, 7) is 0. The molecule has 0 spiro atoms. The highest BCUT2D eigenvalue weighted by molar-refractivity contribution is 6.39. The van der Waals surface area contributed by atoms with Gasteiger partial charge in [-0.2, -0.15) is 5.26 Å². The number of fused-ring (bicyclic) bond motifs is 5. The Morgan fingerprint density at radius 3 is 1.34 bits per heavy atom. The quantitative estimate of drug-likeness (QED) is 0.180. The molecule has 226 valence electrons. The normalized spacial score (nSPS) is 24.5. The van der Waals surface area contributed by atoms with E-state index in [1.165, 1.54) is 4.90 Å². The second-order valence-electron chi connectivity index (χ2n) is 12.1. The zero-order valence-electron chi connectivity index (χ0n) is 24.7. The van der Waals surface area contributed by atoms with Gasteiger partial charge in [0.1, 0.15) is 0 Å². The lowest BCUT2D eigenvalue weighted by Gasteiger charge is -2.39. The van der Waals surface area contributed by atoms with E-state index >= 15 is 4.79 Å². The van der Waals surface area contributed by atoms with Gasteiger partial charge in [-0.3, -0.25) is 14.4 Å². The molecular weight excluding hydrogens is 627 g/mol. The molecular formula is C40H24Cl2N2O3. The fraction of sp³-hybridized carbons (Fsp3) is 0.100. The third-order valence-electron chi connectivity index (χ3n) is 9.97. The van der Waals surface area contributed by atoms with Crippen molar-refractivity contribution in [1.29, 1.82) is 5.26 Å². The minimum absolute atomic E-state index is 0.233. The number of amides is 2. The van der Waals surface area contributed by atoms with Crippen molar-refractivity contribution in [2.45, 2.75) is 10.8 Å². The lowest BCUT2D eigenvalue weighted by Crippen LogP contribution is -2.45. The smallest absolute Gasteiger partial charge is 0.239 e. The molecule has 8 rings (SSSR count). The van der Waals surface area contributed by atoms with Crippen LogP contribution in [0.4, 0.5) is 5.69 Å². The summed E-state index contributed by atoms with van der Waals surface area (Å²) in [5, 5.41) is 10.4. The average molecular weight is 652 g/mol. The lowest BCUT2D eigenvalue weighted by atomic mass is 9.59. The first kappa shape index (κ1) is 29.1. The van der Waals surface area contributed by atoms with E-state index in [0.29, 0.717) is 43.6 Å². The number of hydrogen-bond donors (Lipinski definition) is 0. The van der Waals surface area contributed by atoms with E-state index < -0.39 is 34.5 Å². The molecule has 0 aromatic heterocycles. The molecule has 0 N–H and O–H groups in total. The molecule has 2 aliphatic carbocycles. The van der Waals surface area contributed by atoms with Crippen LogP contribution in [-0.2, 0) is 25.2 Å². The molecule has 2 fully saturated rings. The van der Waals surface area contributed by atoms with Crippen molar-refractivity contribution < 1.29 is 14.4 Å². The van der Waals surface area contributed by atoms with Crippen molar-refractivity contribution in [3.05, 3.63) is 171 Å². The van der Waals surface area contributed by atoms with E-state index in [1.807, 2.05) is 60.7 Å². The van der Waals surface area contributed by atoms with Gasteiger partial charge >= 0.3 is 0 Å². The number of ketones is 1. The summed E-state index contributed by atoms with van der Waals surface area (Å²) < 4.78 is 0. The summed E-state index contributed by atoms with van der Waals surface area (Å²) >= 11 is 12.8. The van der Waals surface area contributed by atoms with E-state index in [9.17, 15) is 14.9 Å². The second-order valence-corrected chi connectivity index (χ2v) is 12.9. The number of Topliss-reactive ketones (excluding diaryl/α,β-unsaturated/α-hetero) is 1. The van der Waals surface area contributed by atoms with Crippen LogP contribution in [0.3, 0.4) is 0 Å². The van der Waals surface area contributed by atoms with Crippen LogP contribution in [0.2, 0.25) is 10.0 Å². The van der Waals surface area contributed by atoms with Gasteiger partial charge in [0.05, 0.1) is 40.0 Å². The summed E-state index contributed by atoms with van der Waals surface area (Å²) in [5.74, 6) is -3.31. The average Bonchev–Trinajstić information content (AvgIpc) is 3.61. The number of nitrogens with zero attached hydrogens (tertiary/aromatic N) is 2. The van der Waals surface area contributed by atoms with E-state index in [0.717, 1.165) is 11.1 Å². The number of carbonyl (C=O) groups is 3. The van der Waals surface area contributed by atoms with E-state index in [2.05, 4.69) is 6.07 Å². The highest BCUT2D eigenvalue weighted by atomic mass is 35.5. The molecule has 5 aromatic rings. The molecule has 5 aromatic carbocycles. The predicted octanol–water partition coefficient (Wildman–Crippen LogP) is 8.05. The minimum atomic E-state index is -1.55. The van der Waals surface area contributed by atoms with Crippen molar-refractivity contribution >= 4 is 57.6 Å². The van der Waals surface area contributed by atoms with Crippen molar-refractivity contribution in [1.82, 2.24) is 0 Å². The zero-order valence-corrected chi connectivity index (χ0v) is 26.2. The molecule has 2 amide bonds. The van der Waals surface area contributed by atoms with Gasteiger partial charge in [-0.1, -0.05) is 108 Å². The first-order chi connectivity index (χ1) is 22.8. The van der Waals surface area contributed by atoms with Crippen LogP contribution in [0, 0.1) is 23.2 Å². The molecule has 5 nitrogen and oxygen atoms in total. The van der Waals surface area contributed by atoms with Crippen molar-refractivity contribution in [2.75, 3.05) is 4.90 Å². The Labute approximate surface area is 281 Å². The van der Waals surface area contributed by atoms with Gasteiger partial charge < -0.3 is 0 Å². The summed E-state index contributed by atoms with van der Waals surface area (Å²) in [7, 11) is 0. The van der Waals surface area contributed by atoms with E-state index in [4.69, 9.17) is 23.2 Å². The largest absolute Gasteiger partial charge is 0.297 e. The highest BCUT2D eigenvalue weighted by Gasteiger charge is 2.82. The maximum absolute atomic E-state index is 15.9. The SMILES string of the molecule is N#Cc1ccc(N2C(=O)[C@H]3[C@H](C2=O)[C@]2(c4ccc(Cl)cc4)C(=O)[C@]3(c3ccc(Cl)cc3)C(c3ccccc3)=C2c2ccccc2)cc1. The van der Waals surface area contributed by atoms with Gasteiger partial charge in [-0.15, -0.1) is 0 Å². The fourth-order valence-corrected chi connectivity index (χ4v) is 8.55. The zero-order chi connectivity index (χ0) is 32.5. The third-order valence-corrected chi connectivity index (χ3v) is 10.5. The number of rotatable bonds is 5. The Bertz CT molecular complexity index is 2050. The molecule has 1 saturated heterocycles. The summed E-state index contributed by atoms with van der Waals surface area (Å²) in [5.41, 5.74) is 1.77. The van der Waals surface area contributed by atoms with Gasteiger partial charge in [0.25, 0.3) is 0 Å². The monoisotopic (exact) mass is 650 g/mol. The number of allylic oxidation sites excluding steroid dienone is 2. The predicted molar refractivity (Wildman–Crippen MR) is 182 cm³/mol. The number of carbonyl (C=O) groups excluding carboxylic acids is 3. The van der Waals surface area contributed by atoms with Crippen molar-refractivity contribution in [3.8, 4) is 6.07 Å². The molecule has 1 saturated carbocycles. The molecule has 1 heterocycles. The first-order valence-electron chi connectivity index (χ1n) is 15.2. The molecule has 7 heteroatoms. The Kier molecular flexibility index (Phi) is 6.59. The molecule has 47 heavy (non-hydrogen) atoms. The Hall–Kier alpha value is -5.28. The topological polar surface area (TPSA) is 78.2 Å². The lowest BCUT2D eigenvalue weighted by molar-refractivity contribution is -0.130. The Balaban J connectivity index is 1.54. The number of imide groups is 1. The first-order valence-corrected chi connectivity index (χ1v) is 15.9. The maximum atomic E-state index is 15.9. The van der Waals surface area contributed by atoms with Crippen LogP contribution in [-0.4, -0.2) is 17.6 Å². The molecule has 1 aliphatic heterocycles. The van der Waals surface area contributed by atoms with Crippen LogP contribution in [0.15, 0.2) is 133 Å². The van der Waals surface area contributed by atoms with Gasteiger partial charge in [0, 0.05) is 10.0 Å². The van der Waals surface area contributed by atoms with Crippen LogP contribution in [0.1, 0.15) is 27.8 Å². The van der Waals surface area contributed by atoms with Crippen LogP contribution in [0.25, 0.3) is 11.1 Å². The molecule has 0 radical (unpaired) electrons. The summed E-state index contributed by atoms with van der Waals surface area (Å²) in [6, 6.07) is 41.8. The fourth-order valence-electron chi connectivity index (χ4n) is 8.30. The second kappa shape index (κ2) is 10.6. The number of halogens is 2. The van der Waals surface area contributed by atoms with Gasteiger partial charge in [-0.05, 0) is 81.9 Å². The highest BCUT2D eigenvalue weighted by Crippen LogP contribution is 2.74.